The quantitative estimate of drug-likeness (QED) is 0.749. The number of aromatic nitrogens is 1. The summed E-state index contributed by atoms with van der Waals surface area (Å²) < 4.78 is 42.4. The fourth-order valence-electron chi connectivity index (χ4n) is 1.91. The Morgan fingerprint density at radius 2 is 1.86 bits per heavy atom. The molecule has 0 spiro atoms. The standard InChI is InChI=1S/C14H9F3N2O2/c15-14(16,17)8-1-3-9(4-2-8)18-13(20)11-7-12-10(19-11)5-6-21-12/h1-7,19H,(H,18,20). The summed E-state index contributed by atoms with van der Waals surface area (Å²) >= 11 is 0. The van der Waals surface area contributed by atoms with E-state index in [-0.39, 0.29) is 11.4 Å². The van der Waals surface area contributed by atoms with Crippen LogP contribution in [0.3, 0.4) is 0 Å². The van der Waals surface area contributed by atoms with Crippen molar-refractivity contribution in [1.29, 1.82) is 0 Å². The molecule has 21 heavy (non-hydrogen) atoms. The van der Waals surface area contributed by atoms with Gasteiger partial charge in [-0.3, -0.25) is 4.79 Å². The molecule has 0 saturated heterocycles. The van der Waals surface area contributed by atoms with Crippen LogP contribution in [0.4, 0.5) is 18.9 Å². The van der Waals surface area contributed by atoms with Crippen molar-refractivity contribution in [2.24, 2.45) is 0 Å². The number of benzene rings is 1. The lowest BCUT2D eigenvalue weighted by Crippen LogP contribution is -2.12. The van der Waals surface area contributed by atoms with Gasteiger partial charge in [0.05, 0.1) is 17.3 Å². The third-order valence-corrected chi connectivity index (χ3v) is 2.95. The zero-order chi connectivity index (χ0) is 15.0. The summed E-state index contributed by atoms with van der Waals surface area (Å²) in [6, 6.07) is 7.42. The molecule has 1 amide bonds. The van der Waals surface area contributed by atoms with Crippen LogP contribution in [0.15, 0.2) is 47.1 Å². The van der Waals surface area contributed by atoms with Crippen molar-refractivity contribution < 1.29 is 22.4 Å². The molecular formula is C14H9F3N2O2. The number of fused-ring (bicyclic) bond motifs is 1. The second-order valence-corrected chi connectivity index (χ2v) is 4.41. The number of furan rings is 1. The Labute approximate surface area is 116 Å². The average Bonchev–Trinajstić information content (AvgIpc) is 2.98. The minimum Gasteiger partial charge on any atom is -0.463 e. The van der Waals surface area contributed by atoms with Crippen molar-refractivity contribution in [3.8, 4) is 0 Å². The number of aromatic amines is 1. The van der Waals surface area contributed by atoms with Gasteiger partial charge in [0.25, 0.3) is 5.91 Å². The molecule has 0 aliphatic carbocycles. The monoisotopic (exact) mass is 294 g/mol. The second kappa shape index (κ2) is 4.69. The van der Waals surface area contributed by atoms with Gasteiger partial charge < -0.3 is 14.7 Å². The van der Waals surface area contributed by atoms with Gasteiger partial charge in [-0.1, -0.05) is 0 Å². The number of hydrogen-bond donors (Lipinski definition) is 2. The molecule has 1 aromatic carbocycles. The predicted molar refractivity (Wildman–Crippen MR) is 70.0 cm³/mol. The minimum atomic E-state index is -4.40. The van der Waals surface area contributed by atoms with E-state index in [1.165, 1.54) is 24.5 Å². The number of carbonyl (C=O) groups excluding carboxylic acids is 1. The van der Waals surface area contributed by atoms with Crippen LogP contribution in [-0.4, -0.2) is 10.9 Å². The number of nitrogens with one attached hydrogen (secondary N) is 2. The third kappa shape index (κ3) is 2.62. The normalized spacial score (nSPS) is 11.8. The predicted octanol–water partition coefficient (Wildman–Crippen LogP) is 4.03. The molecule has 7 heteroatoms. The molecule has 0 aliphatic rings. The van der Waals surface area contributed by atoms with Crippen molar-refractivity contribution in [3.63, 3.8) is 0 Å². The highest BCUT2D eigenvalue weighted by Gasteiger charge is 2.30. The molecule has 2 N–H and O–H groups in total. The van der Waals surface area contributed by atoms with E-state index in [4.69, 9.17) is 4.42 Å². The third-order valence-electron chi connectivity index (χ3n) is 2.95. The molecule has 0 atom stereocenters. The van der Waals surface area contributed by atoms with E-state index in [9.17, 15) is 18.0 Å². The molecular weight excluding hydrogens is 285 g/mol. The van der Waals surface area contributed by atoms with Crippen molar-refractivity contribution in [2.45, 2.75) is 6.18 Å². The first-order valence-electron chi connectivity index (χ1n) is 5.98. The topological polar surface area (TPSA) is 58.0 Å². The largest absolute Gasteiger partial charge is 0.463 e. The van der Waals surface area contributed by atoms with E-state index in [0.29, 0.717) is 11.1 Å². The molecule has 0 radical (unpaired) electrons. The zero-order valence-electron chi connectivity index (χ0n) is 10.5. The van der Waals surface area contributed by atoms with Crippen LogP contribution in [0.5, 0.6) is 0 Å². The van der Waals surface area contributed by atoms with Crippen LogP contribution in [0.25, 0.3) is 11.1 Å². The lowest BCUT2D eigenvalue weighted by atomic mass is 10.2. The summed E-state index contributed by atoms with van der Waals surface area (Å²) in [5.74, 6) is -0.457. The molecule has 108 valence electrons. The summed E-state index contributed by atoms with van der Waals surface area (Å²) in [6.45, 7) is 0. The fourth-order valence-corrected chi connectivity index (χ4v) is 1.91. The molecule has 2 aromatic heterocycles. The first-order valence-corrected chi connectivity index (χ1v) is 5.98. The number of hydrogen-bond acceptors (Lipinski definition) is 2. The Hall–Kier alpha value is -2.70. The van der Waals surface area contributed by atoms with Gasteiger partial charge in [-0.05, 0) is 24.3 Å². The van der Waals surface area contributed by atoms with Crippen molar-refractivity contribution in [2.75, 3.05) is 5.32 Å². The molecule has 4 nitrogen and oxygen atoms in total. The van der Waals surface area contributed by atoms with Crippen LogP contribution in [0.2, 0.25) is 0 Å². The van der Waals surface area contributed by atoms with Crippen LogP contribution in [0, 0.1) is 0 Å². The Morgan fingerprint density at radius 1 is 1.14 bits per heavy atom. The minimum absolute atomic E-state index is 0.268. The van der Waals surface area contributed by atoms with E-state index >= 15 is 0 Å². The second-order valence-electron chi connectivity index (χ2n) is 4.41. The van der Waals surface area contributed by atoms with E-state index in [2.05, 4.69) is 10.3 Å². The lowest BCUT2D eigenvalue weighted by Gasteiger charge is -2.08. The van der Waals surface area contributed by atoms with E-state index < -0.39 is 17.6 Å². The van der Waals surface area contributed by atoms with Gasteiger partial charge in [0.2, 0.25) is 0 Å². The SMILES string of the molecule is O=C(Nc1ccc(C(F)(F)F)cc1)c1cc2occc2[nH]1. The van der Waals surface area contributed by atoms with Crippen molar-refractivity contribution in [3.05, 3.63) is 53.9 Å². The van der Waals surface area contributed by atoms with Gasteiger partial charge in [-0.2, -0.15) is 13.2 Å². The van der Waals surface area contributed by atoms with E-state index in [1.54, 1.807) is 6.07 Å². The van der Waals surface area contributed by atoms with Gasteiger partial charge >= 0.3 is 6.18 Å². The van der Waals surface area contributed by atoms with Crippen LogP contribution in [-0.2, 0) is 6.18 Å². The number of halogens is 3. The maximum atomic E-state index is 12.4. The number of alkyl halides is 3. The molecule has 3 aromatic rings. The molecule has 2 heterocycles. The highest BCUT2D eigenvalue weighted by atomic mass is 19.4. The van der Waals surface area contributed by atoms with Gasteiger partial charge in [-0.15, -0.1) is 0 Å². The number of anilines is 1. The maximum Gasteiger partial charge on any atom is 0.416 e. The van der Waals surface area contributed by atoms with Crippen LogP contribution >= 0.6 is 0 Å². The number of carbonyl (C=O) groups is 1. The van der Waals surface area contributed by atoms with E-state index in [0.717, 1.165) is 12.1 Å². The molecule has 0 unspecified atom stereocenters. The van der Waals surface area contributed by atoms with Gasteiger partial charge in [-0.25, -0.2) is 0 Å². The Morgan fingerprint density at radius 3 is 2.48 bits per heavy atom. The first-order chi connectivity index (χ1) is 9.93. The number of H-pyrrole nitrogens is 1. The summed E-state index contributed by atoms with van der Waals surface area (Å²) in [5, 5.41) is 2.51. The Kier molecular flexibility index (Phi) is 2.97. The molecule has 3 rings (SSSR count). The van der Waals surface area contributed by atoms with Crippen LogP contribution < -0.4 is 5.32 Å². The summed E-state index contributed by atoms with van der Waals surface area (Å²) in [5.41, 5.74) is 0.987. The van der Waals surface area contributed by atoms with Crippen molar-refractivity contribution in [1.82, 2.24) is 4.98 Å². The molecule has 0 bridgehead atoms. The number of amides is 1. The maximum absolute atomic E-state index is 12.4. The molecule has 0 saturated carbocycles. The summed E-state index contributed by atoms with van der Waals surface area (Å²) in [4.78, 5) is 14.8. The van der Waals surface area contributed by atoms with Gasteiger partial charge in [0.15, 0.2) is 5.58 Å². The number of rotatable bonds is 2. The Balaban J connectivity index is 1.76. The highest BCUT2D eigenvalue weighted by molar-refractivity contribution is 6.05. The van der Waals surface area contributed by atoms with Crippen LogP contribution in [0.1, 0.15) is 16.1 Å². The summed E-state index contributed by atoms with van der Waals surface area (Å²) in [6.07, 6.45) is -2.91. The smallest absolute Gasteiger partial charge is 0.416 e. The Bertz CT molecular complexity index is 756. The van der Waals surface area contributed by atoms with Crippen molar-refractivity contribution >= 4 is 22.7 Å². The highest BCUT2D eigenvalue weighted by Crippen LogP contribution is 2.29. The fraction of sp³-hybridized carbons (Fsp3) is 0.0714. The molecule has 0 fully saturated rings. The van der Waals surface area contributed by atoms with Gasteiger partial charge in [0.1, 0.15) is 5.69 Å². The summed E-state index contributed by atoms with van der Waals surface area (Å²) in [7, 11) is 0. The first kappa shape index (κ1) is 13.3. The van der Waals surface area contributed by atoms with Gasteiger partial charge in [0, 0.05) is 17.8 Å². The van der Waals surface area contributed by atoms with E-state index in [1.807, 2.05) is 0 Å². The molecule has 0 aliphatic heterocycles. The average molecular weight is 294 g/mol. The zero-order valence-corrected chi connectivity index (χ0v) is 10.5. The lowest BCUT2D eigenvalue weighted by molar-refractivity contribution is -0.137.